The molecule has 0 bridgehead atoms. The van der Waals surface area contributed by atoms with Crippen molar-refractivity contribution in [2.24, 2.45) is 0 Å². The zero-order valence-corrected chi connectivity index (χ0v) is 29.0. The van der Waals surface area contributed by atoms with Crippen molar-refractivity contribution in [3.8, 4) is 28.5 Å². The van der Waals surface area contributed by atoms with Crippen LogP contribution < -0.4 is 29.1 Å². The topological polar surface area (TPSA) is 151 Å². The molecule has 0 aliphatic carbocycles. The van der Waals surface area contributed by atoms with Crippen LogP contribution in [-0.4, -0.2) is 83.7 Å². The van der Waals surface area contributed by atoms with Crippen LogP contribution in [0.4, 0.5) is 11.4 Å². The molecule has 49 heavy (non-hydrogen) atoms. The normalized spacial score (nSPS) is 14.3. The Hall–Kier alpha value is -4.72. The Bertz CT molecular complexity index is 1800. The van der Waals surface area contributed by atoms with Crippen molar-refractivity contribution in [3.05, 3.63) is 84.1 Å². The van der Waals surface area contributed by atoms with Gasteiger partial charge in [-0.3, -0.25) is 4.72 Å². The van der Waals surface area contributed by atoms with E-state index in [9.17, 15) is 18.3 Å². The number of rotatable bonds is 15. The number of hydrogen-bond donors (Lipinski definition) is 4. The van der Waals surface area contributed by atoms with Crippen molar-refractivity contribution in [1.29, 1.82) is 0 Å². The number of carbonyl (C=O) groups excluding carboxylic acids is 1. The highest BCUT2D eigenvalue weighted by molar-refractivity contribution is 7.92. The van der Waals surface area contributed by atoms with Gasteiger partial charge in [-0.15, -0.1) is 0 Å². The Morgan fingerprint density at radius 2 is 1.69 bits per heavy atom. The highest BCUT2D eigenvalue weighted by Gasteiger charge is 2.26. The van der Waals surface area contributed by atoms with Gasteiger partial charge in [0.2, 0.25) is 0 Å². The SMILES string of the molecule is CCOC(=O)c1c(C)[nH]c(-c2ccccc2)c1OC[C@H](O)CNC1CCN(c2ccc(NS(=O)(=O)c3ccc(OC)c(OC)c3)cc2)CC1. The van der Waals surface area contributed by atoms with Gasteiger partial charge in [-0.25, -0.2) is 13.2 Å². The number of H-pyrrole nitrogens is 1. The number of hydrogen-bond acceptors (Lipinski definition) is 10. The fourth-order valence-electron chi connectivity index (χ4n) is 5.82. The van der Waals surface area contributed by atoms with Crippen LogP contribution in [-0.2, 0) is 14.8 Å². The number of aromatic amines is 1. The number of aromatic nitrogens is 1. The lowest BCUT2D eigenvalue weighted by Gasteiger charge is -2.34. The molecular weight excluding hydrogens is 648 g/mol. The molecule has 4 N–H and O–H groups in total. The number of ether oxygens (including phenoxy) is 4. The van der Waals surface area contributed by atoms with E-state index in [2.05, 4.69) is 19.9 Å². The predicted octanol–water partition coefficient (Wildman–Crippen LogP) is 4.98. The molecule has 1 fully saturated rings. The summed E-state index contributed by atoms with van der Waals surface area (Å²) in [6.45, 7) is 5.72. The van der Waals surface area contributed by atoms with Crippen molar-refractivity contribution < 1.29 is 37.3 Å². The van der Waals surface area contributed by atoms with Crippen molar-refractivity contribution in [2.45, 2.75) is 43.7 Å². The number of anilines is 2. The molecule has 2 heterocycles. The summed E-state index contributed by atoms with van der Waals surface area (Å²) in [4.78, 5) is 18.3. The largest absolute Gasteiger partial charge is 0.493 e. The van der Waals surface area contributed by atoms with Gasteiger partial charge in [-0.2, -0.15) is 0 Å². The molecule has 13 heteroatoms. The van der Waals surface area contributed by atoms with Gasteiger partial charge in [0, 0.05) is 54.4 Å². The summed E-state index contributed by atoms with van der Waals surface area (Å²) < 4.78 is 50.4. The van der Waals surface area contributed by atoms with Crippen LogP contribution in [0.2, 0.25) is 0 Å². The second-order valence-corrected chi connectivity index (χ2v) is 13.4. The number of aliphatic hydroxyl groups excluding tert-OH is 1. The number of benzene rings is 3. The summed E-state index contributed by atoms with van der Waals surface area (Å²) >= 11 is 0. The van der Waals surface area contributed by atoms with Crippen LogP contribution in [0, 0.1) is 6.92 Å². The zero-order valence-electron chi connectivity index (χ0n) is 28.2. The molecule has 1 aliphatic heterocycles. The summed E-state index contributed by atoms with van der Waals surface area (Å²) in [5.74, 6) is 0.670. The molecule has 5 rings (SSSR count). The molecule has 1 saturated heterocycles. The molecule has 0 radical (unpaired) electrons. The van der Waals surface area contributed by atoms with E-state index in [1.807, 2.05) is 42.5 Å². The van der Waals surface area contributed by atoms with Crippen LogP contribution >= 0.6 is 0 Å². The van der Waals surface area contributed by atoms with Crippen LogP contribution in [0.25, 0.3) is 11.3 Å². The van der Waals surface area contributed by atoms with Gasteiger partial charge < -0.3 is 39.3 Å². The molecule has 12 nitrogen and oxygen atoms in total. The number of methoxy groups -OCH3 is 2. The maximum absolute atomic E-state index is 13.0. The fraction of sp³-hybridized carbons (Fsp3) is 0.361. The maximum atomic E-state index is 13.0. The molecule has 0 amide bonds. The second-order valence-electron chi connectivity index (χ2n) is 11.7. The van der Waals surface area contributed by atoms with Crippen molar-refractivity contribution in [1.82, 2.24) is 10.3 Å². The van der Waals surface area contributed by atoms with Gasteiger partial charge in [-0.1, -0.05) is 30.3 Å². The van der Waals surface area contributed by atoms with E-state index in [-0.39, 0.29) is 24.2 Å². The van der Waals surface area contributed by atoms with Crippen molar-refractivity contribution in [3.63, 3.8) is 0 Å². The summed E-state index contributed by atoms with van der Waals surface area (Å²) in [6.07, 6.45) is 0.926. The number of nitrogens with zero attached hydrogens (tertiary/aromatic N) is 1. The van der Waals surface area contributed by atoms with E-state index in [4.69, 9.17) is 18.9 Å². The number of esters is 1. The highest BCUT2D eigenvalue weighted by atomic mass is 32.2. The van der Waals surface area contributed by atoms with Crippen molar-refractivity contribution >= 4 is 27.4 Å². The third-order valence-electron chi connectivity index (χ3n) is 8.39. The minimum Gasteiger partial charge on any atom is -0.493 e. The number of nitrogens with one attached hydrogen (secondary N) is 3. The van der Waals surface area contributed by atoms with Crippen LogP contribution in [0.1, 0.15) is 35.8 Å². The molecule has 0 saturated carbocycles. The molecule has 1 atom stereocenters. The summed E-state index contributed by atoms with van der Waals surface area (Å²) in [6, 6.07) is 21.5. The molecule has 0 spiro atoms. The average Bonchev–Trinajstić information content (AvgIpc) is 3.46. The van der Waals surface area contributed by atoms with E-state index in [1.54, 1.807) is 32.0 Å². The maximum Gasteiger partial charge on any atom is 0.343 e. The first-order valence-corrected chi connectivity index (χ1v) is 17.7. The minimum absolute atomic E-state index is 0.00249. The zero-order chi connectivity index (χ0) is 35.0. The van der Waals surface area contributed by atoms with Gasteiger partial charge in [0.05, 0.1) is 31.4 Å². The molecule has 1 aliphatic rings. The van der Waals surface area contributed by atoms with Gasteiger partial charge in [-0.05, 0) is 63.1 Å². The number of sulfonamides is 1. The monoisotopic (exact) mass is 692 g/mol. The second kappa shape index (κ2) is 16.1. The van der Waals surface area contributed by atoms with E-state index >= 15 is 0 Å². The molecule has 262 valence electrons. The third-order valence-corrected chi connectivity index (χ3v) is 9.77. The van der Waals surface area contributed by atoms with Crippen molar-refractivity contribution in [2.75, 3.05) is 56.7 Å². The Morgan fingerprint density at radius 3 is 2.35 bits per heavy atom. The lowest BCUT2D eigenvalue weighted by molar-refractivity contribution is 0.0515. The molecule has 3 aromatic carbocycles. The number of aliphatic hydroxyl groups is 1. The van der Waals surface area contributed by atoms with E-state index in [0.29, 0.717) is 46.4 Å². The summed E-state index contributed by atoms with van der Waals surface area (Å²) in [7, 11) is -0.884. The standard InChI is InChI=1S/C36H44N4O8S/c1-5-47-36(42)33-24(2)38-34(25-9-7-6-8-10-25)35(33)48-23-29(41)22-37-26-17-19-40(20-18-26)28-13-11-27(12-14-28)39-49(43,44)30-15-16-31(45-3)32(21-30)46-4/h6-16,21,26,29,37-39,41H,5,17-20,22-23H2,1-4H3/t29-/m1/s1. The van der Waals surface area contributed by atoms with Gasteiger partial charge in [0.25, 0.3) is 10.0 Å². The fourth-order valence-corrected chi connectivity index (χ4v) is 6.90. The highest BCUT2D eigenvalue weighted by Crippen LogP contribution is 2.36. The predicted molar refractivity (Wildman–Crippen MR) is 188 cm³/mol. The summed E-state index contributed by atoms with van der Waals surface area (Å²) in [5.41, 5.74) is 3.94. The average molecular weight is 693 g/mol. The number of carbonyl (C=O) groups is 1. The Balaban J connectivity index is 1.11. The first-order valence-electron chi connectivity index (χ1n) is 16.2. The van der Waals surface area contributed by atoms with Gasteiger partial charge >= 0.3 is 5.97 Å². The number of piperidine rings is 1. The Labute approximate surface area is 287 Å². The Morgan fingerprint density at radius 1 is 1.00 bits per heavy atom. The van der Waals surface area contributed by atoms with E-state index < -0.39 is 22.1 Å². The molecule has 4 aromatic rings. The summed E-state index contributed by atoms with van der Waals surface area (Å²) in [5, 5.41) is 14.3. The molecule has 0 unspecified atom stereocenters. The third kappa shape index (κ3) is 8.66. The smallest absolute Gasteiger partial charge is 0.343 e. The van der Waals surface area contributed by atoms with Gasteiger partial charge in [0.1, 0.15) is 18.3 Å². The van der Waals surface area contributed by atoms with Gasteiger partial charge in [0.15, 0.2) is 17.2 Å². The van der Waals surface area contributed by atoms with Crippen LogP contribution in [0.3, 0.4) is 0 Å². The minimum atomic E-state index is -3.83. The molecular formula is C36H44N4O8S. The first-order chi connectivity index (χ1) is 23.6. The lowest BCUT2D eigenvalue weighted by Crippen LogP contribution is -2.45. The van der Waals surface area contributed by atoms with Crippen LogP contribution in [0.5, 0.6) is 17.2 Å². The van der Waals surface area contributed by atoms with E-state index in [0.717, 1.165) is 37.2 Å². The Kier molecular flexibility index (Phi) is 11.7. The van der Waals surface area contributed by atoms with Crippen LogP contribution in [0.15, 0.2) is 77.7 Å². The quantitative estimate of drug-likeness (QED) is 0.126. The molecule has 1 aromatic heterocycles. The van der Waals surface area contributed by atoms with E-state index in [1.165, 1.54) is 26.4 Å². The lowest BCUT2D eigenvalue weighted by atomic mass is 10.0. The number of aryl methyl sites for hydroxylation is 1. The first kappa shape index (κ1) is 35.6.